The van der Waals surface area contributed by atoms with Crippen molar-refractivity contribution < 1.29 is 28.6 Å². The van der Waals surface area contributed by atoms with E-state index in [0.717, 1.165) is 12.8 Å². The fourth-order valence-corrected chi connectivity index (χ4v) is 5.06. The van der Waals surface area contributed by atoms with Crippen LogP contribution in [0.25, 0.3) is 11.0 Å². The lowest BCUT2D eigenvalue weighted by atomic mass is 9.85. The maximum Gasteiger partial charge on any atom is 0.340 e. The highest BCUT2D eigenvalue weighted by atomic mass is 16.5. The number of fused-ring (bicyclic) bond motifs is 1. The minimum absolute atomic E-state index is 0.0699. The van der Waals surface area contributed by atoms with E-state index in [2.05, 4.69) is 20.9 Å². The second-order valence-electron chi connectivity index (χ2n) is 11.5. The molecule has 0 bridgehead atoms. The Morgan fingerprint density at radius 3 is 2.47 bits per heavy atom. The second kappa shape index (κ2) is 13.7. The number of carbonyl (C=O) groups is 3. The van der Waals surface area contributed by atoms with Crippen molar-refractivity contribution in [2.75, 3.05) is 12.4 Å². The largest absolute Gasteiger partial charge is 0.497 e. The number of methoxy groups -OCH3 is 1. The number of benzene rings is 2. The number of carboxylic acid groups (broad SMARTS) is 1. The zero-order chi connectivity index (χ0) is 32.9. The molecule has 2 atom stereocenters. The van der Waals surface area contributed by atoms with Crippen LogP contribution in [0.2, 0.25) is 0 Å². The highest BCUT2D eigenvalue weighted by Gasteiger charge is 2.36. The average Bonchev–Trinajstić information content (AvgIpc) is 3.49. The molecule has 4 rings (SSSR count). The molecule has 4 aromatic rings. The van der Waals surface area contributed by atoms with E-state index in [4.69, 9.17) is 14.3 Å². The summed E-state index contributed by atoms with van der Waals surface area (Å²) in [4.78, 5) is 50.5. The summed E-state index contributed by atoms with van der Waals surface area (Å²) in [5, 5.41) is 24.5. The van der Waals surface area contributed by atoms with Crippen LogP contribution in [-0.2, 0) is 21.5 Å². The van der Waals surface area contributed by atoms with Gasteiger partial charge in [-0.05, 0) is 68.1 Å². The zero-order valence-electron chi connectivity index (χ0n) is 26.3. The first-order valence-electron chi connectivity index (χ1n) is 14.9. The molecule has 0 radical (unpaired) electrons. The summed E-state index contributed by atoms with van der Waals surface area (Å²) in [5.41, 5.74) is 0.595. The lowest BCUT2D eigenvalue weighted by Gasteiger charge is -2.33. The summed E-state index contributed by atoms with van der Waals surface area (Å²) in [6.45, 7) is 9.51. The summed E-state index contributed by atoms with van der Waals surface area (Å²) in [5.74, 6) is -1.17. The summed E-state index contributed by atoms with van der Waals surface area (Å²) in [7, 11) is 1.56. The number of carboxylic acids is 1. The van der Waals surface area contributed by atoms with Gasteiger partial charge in [-0.15, -0.1) is 5.10 Å². The molecule has 2 aromatic heterocycles. The number of ether oxygens (including phenoxy) is 1. The second-order valence-corrected chi connectivity index (χ2v) is 11.5. The topological polar surface area (TPSA) is 166 Å². The van der Waals surface area contributed by atoms with Gasteiger partial charge in [0, 0.05) is 22.7 Å². The zero-order valence-corrected chi connectivity index (χ0v) is 26.3. The van der Waals surface area contributed by atoms with Crippen LogP contribution in [0.5, 0.6) is 5.75 Å². The minimum atomic E-state index is -1.13. The summed E-state index contributed by atoms with van der Waals surface area (Å²) in [6, 6.07) is 11.0. The number of anilines is 1. The van der Waals surface area contributed by atoms with Crippen LogP contribution in [-0.4, -0.2) is 45.0 Å². The maximum atomic E-state index is 13.6. The third-order valence-corrected chi connectivity index (χ3v) is 8.26. The van der Waals surface area contributed by atoms with Crippen molar-refractivity contribution in [3.8, 4) is 5.75 Å². The van der Waals surface area contributed by atoms with Crippen LogP contribution < -0.4 is 21.0 Å². The average molecular weight is 618 g/mol. The van der Waals surface area contributed by atoms with Crippen LogP contribution in [0.15, 0.2) is 57.9 Å². The molecule has 2 heterocycles. The van der Waals surface area contributed by atoms with Gasteiger partial charge in [0.15, 0.2) is 0 Å². The van der Waals surface area contributed by atoms with Crippen molar-refractivity contribution in [3.05, 3.63) is 81.5 Å². The Morgan fingerprint density at radius 2 is 1.84 bits per heavy atom. The maximum absolute atomic E-state index is 13.6. The smallest absolute Gasteiger partial charge is 0.340 e. The van der Waals surface area contributed by atoms with Gasteiger partial charge < -0.3 is 24.9 Å². The number of aliphatic carboxylic acids is 1. The standard InChI is InChI=1S/C33H39N5O7/c1-7-8-9-26(31(42)34-22-12-15-24-20(4)25(17-29(39)40)32(43)45-27(24)16-22)38-18-28(36-37-38)33(5,19(2)3)35-30(41)21-10-13-23(44-6)14-11-21/h10-16,18-19,26H,7-9,17H2,1-6H3,(H,34,42)(H,35,41)(H,39,40)/t26-,33-/m0/s1. The SMILES string of the molecule is CCCC[C@@H](C(=O)Nc1ccc2c(C)c(CC(=O)O)c(=O)oc2c1)n1cc([C@@](C)(NC(=O)c2ccc(OC)cc2)C(C)C)nn1. The molecule has 3 N–H and O–H groups in total. The molecular formula is C33H39N5O7. The predicted octanol–water partition coefficient (Wildman–Crippen LogP) is 5.00. The van der Waals surface area contributed by atoms with Crippen LogP contribution in [0.3, 0.4) is 0 Å². The molecule has 0 unspecified atom stereocenters. The molecule has 0 spiro atoms. The Morgan fingerprint density at radius 1 is 1.13 bits per heavy atom. The number of amides is 2. The van der Waals surface area contributed by atoms with Crippen molar-refractivity contribution in [3.63, 3.8) is 0 Å². The number of hydrogen-bond donors (Lipinski definition) is 3. The van der Waals surface area contributed by atoms with Crippen molar-refractivity contribution in [2.24, 2.45) is 5.92 Å². The quantitative estimate of drug-likeness (QED) is 0.175. The van der Waals surface area contributed by atoms with E-state index in [1.165, 1.54) is 4.68 Å². The Balaban J connectivity index is 1.59. The third kappa shape index (κ3) is 7.22. The molecule has 12 heteroatoms. The Hall–Kier alpha value is -5.00. The summed E-state index contributed by atoms with van der Waals surface area (Å²) < 4.78 is 12.1. The van der Waals surface area contributed by atoms with E-state index in [9.17, 15) is 19.2 Å². The fraction of sp³-hybridized carbons (Fsp3) is 0.394. The number of nitrogens with zero attached hydrogens (tertiary/aromatic N) is 3. The lowest BCUT2D eigenvalue weighted by molar-refractivity contribution is -0.136. The monoisotopic (exact) mass is 617 g/mol. The molecule has 0 saturated heterocycles. The fourth-order valence-electron chi connectivity index (χ4n) is 5.06. The first-order valence-corrected chi connectivity index (χ1v) is 14.9. The van der Waals surface area contributed by atoms with E-state index < -0.39 is 29.6 Å². The van der Waals surface area contributed by atoms with Crippen molar-refractivity contribution in [1.29, 1.82) is 0 Å². The minimum Gasteiger partial charge on any atom is -0.497 e. The molecule has 0 fully saturated rings. The number of nitrogens with one attached hydrogen (secondary N) is 2. The van der Waals surface area contributed by atoms with Gasteiger partial charge in [-0.2, -0.15) is 0 Å². The molecule has 0 saturated carbocycles. The molecule has 45 heavy (non-hydrogen) atoms. The predicted molar refractivity (Wildman–Crippen MR) is 168 cm³/mol. The molecule has 0 aliphatic heterocycles. The molecule has 12 nitrogen and oxygen atoms in total. The molecular weight excluding hydrogens is 578 g/mol. The van der Waals surface area contributed by atoms with Crippen LogP contribution in [0.1, 0.15) is 80.2 Å². The number of aryl methyl sites for hydroxylation is 1. The van der Waals surface area contributed by atoms with Crippen molar-refractivity contribution in [2.45, 2.75) is 71.9 Å². The first-order chi connectivity index (χ1) is 21.4. The summed E-state index contributed by atoms with van der Waals surface area (Å²) in [6.07, 6.45) is 3.35. The number of rotatable bonds is 13. The Bertz CT molecular complexity index is 1760. The number of aromatic nitrogens is 3. The summed E-state index contributed by atoms with van der Waals surface area (Å²) >= 11 is 0. The molecule has 0 aliphatic rings. The lowest BCUT2D eigenvalue weighted by Crippen LogP contribution is -2.47. The van der Waals surface area contributed by atoms with Gasteiger partial charge in [0.25, 0.3) is 5.91 Å². The normalized spacial score (nSPS) is 13.3. The Labute approximate surface area is 260 Å². The number of hydrogen-bond acceptors (Lipinski definition) is 8. The van der Waals surface area contributed by atoms with Crippen molar-refractivity contribution >= 4 is 34.4 Å². The van der Waals surface area contributed by atoms with Gasteiger partial charge >= 0.3 is 11.6 Å². The molecule has 2 amide bonds. The van der Waals surface area contributed by atoms with Crippen LogP contribution >= 0.6 is 0 Å². The highest BCUT2D eigenvalue weighted by Crippen LogP contribution is 2.30. The van der Waals surface area contributed by atoms with Gasteiger partial charge in [0.05, 0.1) is 30.8 Å². The van der Waals surface area contributed by atoms with Gasteiger partial charge in [-0.25, -0.2) is 9.48 Å². The Kier molecular flexibility index (Phi) is 10.1. The van der Waals surface area contributed by atoms with E-state index >= 15 is 0 Å². The third-order valence-electron chi connectivity index (χ3n) is 8.26. The number of unbranched alkanes of at least 4 members (excludes halogenated alkanes) is 1. The van der Waals surface area contributed by atoms with Gasteiger partial charge in [-0.3, -0.25) is 14.4 Å². The van der Waals surface area contributed by atoms with E-state index in [-0.39, 0.29) is 28.9 Å². The van der Waals surface area contributed by atoms with E-state index in [1.54, 1.807) is 62.7 Å². The van der Waals surface area contributed by atoms with Crippen LogP contribution in [0.4, 0.5) is 5.69 Å². The van der Waals surface area contributed by atoms with Crippen LogP contribution in [0, 0.1) is 12.8 Å². The number of carbonyl (C=O) groups excluding carboxylic acids is 2. The van der Waals surface area contributed by atoms with Crippen molar-refractivity contribution in [1.82, 2.24) is 20.3 Å². The molecule has 2 aromatic carbocycles. The van der Waals surface area contributed by atoms with E-state index in [0.29, 0.717) is 40.1 Å². The highest BCUT2D eigenvalue weighted by molar-refractivity contribution is 5.96. The van der Waals surface area contributed by atoms with Gasteiger partial charge in [0.1, 0.15) is 23.1 Å². The first kappa shape index (κ1) is 32.9. The molecule has 238 valence electrons. The van der Waals surface area contributed by atoms with Gasteiger partial charge in [0.2, 0.25) is 5.91 Å². The molecule has 0 aliphatic carbocycles. The van der Waals surface area contributed by atoms with E-state index in [1.807, 2.05) is 27.7 Å². The van der Waals surface area contributed by atoms with Gasteiger partial charge in [-0.1, -0.05) is 38.8 Å².